The quantitative estimate of drug-likeness (QED) is 0.800. The van der Waals surface area contributed by atoms with Gasteiger partial charge < -0.3 is 0 Å². The molecule has 0 aliphatic heterocycles. The van der Waals surface area contributed by atoms with Crippen molar-refractivity contribution in [1.82, 2.24) is 0 Å². The summed E-state index contributed by atoms with van der Waals surface area (Å²) in [4.78, 5) is -0.551. The van der Waals surface area contributed by atoms with Gasteiger partial charge in [-0.05, 0) is 30.5 Å². The maximum Gasteiger partial charge on any atom is 0.377 e. The molecule has 102 valence electrons. The lowest BCUT2D eigenvalue weighted by molar-refractivity contribution is 0.0620. The summed E-state index contributed by atoms with van der Waals surface area (Å²) >= 11 is 0. The molecular weight excluding hydrogens is 265 g/mol. The second kappa shape index (κ2) is 5.73. The zero-order valence-electron chi connectivity index (χ0n) is 10.00. The minimum atomic E-state index is -4.93. The third-order valence-electron chi connectivity index (χ3n) is 2.60. The van der Waals surface area contributed by atoms with Crippen LogP contribution >= 0.6 is 0 Å². The smallest absolute Gasteiger partial charge is 0.243 e. The number of hydrogen-bond donors (Lipinski definition) is 0. The molecule has 0 saturated carbocycles. The van der Waals surface area contributed by atoms with Crippen LogP contribution < -0.4 is 0 Å². The monoisotopic (exact) mass is 280 g/mol. The minimum absolute atomic E-state index is 0.551. The summed E-state index contributed by atoms with van der Waals surface area (Å²) in [5.74, 6) is 0. The first-order valence-electron chi connectivity index (χ1n) is 5.62. The number of halogens is 3. The number of benzene rings is 1. The summed E-state index contributed by atoms with van der Waals surface area (Å²) in [6.45, 7) is -0.201. The van der Waals surface area contributed by atoms with Crippen molar-refractivity contribution in [1.29, 1.82) is 0 Å². The number of unbranched alkanes of at least 4 members (excludes halogenated alkanes) is 1. The van der Waals surface area contributed by atoms with Crippen LogP contribution in [0.15, 0.2) is 29.2 Å². The number of sulfone groups is 1. The summed E-state index contributed by atoms with van der Waals surface area (Å²) < 4.78 is 60.8. The van der Waals surface area contributed by atoms with Crippen LogP contribution in [0.3, 0.4) is 0 Å². The molecule has 0 atom stereocenters. The Bertz CT molecular complexity index is 481. The Balaban J connectivity index is 2.98. The molecule has 6 heteroatoms. The Morgan fingerprint density at radius 3 is 2.17 bits per heavy atom. The molecule has 0 saturated heterocycles. The molecule has 0 aromatic heterocycles. The van der Waals surface area contributed by atoms with Gasteiger partial charge in [0.15, 0.2) is 6.67 Å². The van der Waals surface area contributed by atoms with Crippen molar-refractivity contribution in [2.24, 2.45) is 0 Å². The van der Waals surface area contributed by atoms with E-state index in [-0.39, 0.29) is 0 Å². The standard InChI is InChI=1S/C12H15F3O2S/c1-2-3-4-10-5-7-11(8-6-10)18(16,17)12(14,15)9-13/h5-8H,2-4,9H2,1H3. The maximum atomic E-state index is 13.0. The van der Waals surface area contributed by atoms with Crippen LogP contribution in [0.4, 0.5) is 13.2 Å². The SMILES string of the molecule is CCCCc1ccc(S(=O)(=O)C(F)(F)CF)cc1. The zero-order valence-corrected chi connectivity index (χ0v) is 10.8. The summed E-state index contributed by atoms with van der Waals surface area (Å²) in [6, 6.07) is 5.17. The van der Waals surface area contributed by atoms with Crippen molar-refractivity contribution < 1.29 is 21.6 Å². The maximum absolute atomic E-state index is 13.0. The minimum Gasteiger partial charge on any atom is -0.243 e. The van der Waals surface area contributed by atoms with E-state index in [1.165, 1.54) is 12.1 Å². The fourth-order valence-electron chi connectivity index (χ4n) is 1.46. The fraction of sp³-hybridized carbons (Fsp3) is 0.500. The molecule has 18 heavy (non-hydrogen) atoms. The molecule has 0 spiro atoms. The molecule has 0 N–H and O–H groups in total. The topological polar surface area (TPSA) is 34.1 Å². The summed E-state index contributed by atoms with van der Waals surface area (Å²) in [6.07, 6.45) is 2.68. The molecule has 1 aromatic carbocycles. The lowest BCUT2D eigenvalue weighted by Gasteiger charge is -2.13. The molecule has 0 aliphatic carbocycles. The highest BCUT2D eigenvalue weighted by molar-refractivity contribution is 7.92. The second-order valence-electron chi connectivity index (χ2n) is 4.02. The van der Waals surface area contributed by atoms with E-state index in [2.05, 4.69) is 0 Å². The average molecular weight is 280 g/mol. The Labute approximate surface area is 105 Å². The second-order valence-corrected chi connectivity index (χ2v) is 6.10. The van der Waals surface area contributed by atoms with Gasteiger partial charge in [-0.15, -0.1) is 0 Å². The number of rotatable bonds is 6. The van der Waals surface area contributed by atoms with E-state index in [4.69, 9.17) is 0 Å². The van der Waals surface area contributed by atoms with E-state index in [0.717, 1.165) is 37.0 Å². The van der Waals surface area contributed by atoms with Gasteiger partial charge in [-0.2, -0.15) is 8.78 Å². The predicted octanol–water partition coefficient (Wildman–Crippen LogP) is 3.37. The number of aryl methyl sites for hydroxylation is 1. The highest BCUT2D eigenvalue weighted by Gasteiger charge is 2.46. The molecular formula is C12H15F3O2S. The largest absolute Gasteiger partial charge is 0.377 e. The first-order chi connectivity index (χ1) is 8.35. The average Bonchev–Trinajstić information content (AvgIpc) is 2.36. The number of hydrogen-bond acceptors (Lipinski definition) is 2. The highest BCUT2D eigenvalue weighted by Crippen LogP contribution is 2.29. The van der Waals surface area contributed by atoms with E-state index >= 15 is 0 Å². The molecule has 1 rings (SSSR count). The van der Waals surface area contributed by atoms with Crippen LogP contribution in [0.25, 0.3) is 0 Å². The van der Waals surface area contributed by atoms with Crippen molar-refractivity contribution in [2.45, 2.75) is 36.3 Å². The summed E-state index contributed by atoms with van der Waals surface area (Å²) in [7, 11) is -4.93. The first kappa shape index (κ1) is 15.0. The predicted molar refractivity (Wildman–Crippen MR) is 63.2 cm³/mol. The molecule has 0 heterocycles. The Hall–Kier alpha value is -1.04. The molecule has 0 amide bonds. The summed E-state index contributed by atoms with van der Waals surface area (Å²) in [5, 5.41) is -4.36. The van der Waals surface area contributed by atoms with Gasteiger partial charge in [-0.3, -0.25) is 0 Å². The lowest BCUT2D eigenvalue weighted by atomic mass is 10.1. The van der Waals surface area contributed by atoms with Crippen LogP contribution in [-0.4, -0.2) is 20.3 Å². The van der Waals surface area contributed by atoms with Gasteiger partial charge in [0.25, 0.3) is 0 Å². The molecule has 0 radical (unpaired) electrons. The summed E-state index contributed by atoms with van der Waals surface area (Å²) in [5.41, 5.74) is 0.874. The van der Waals surface area contributed by atoms with Crippen molar-refractivity contribution in [2.75, 3.05) is 6.67 Å². The Morgan fingerprint density at radius 2 is 1.72 bits per heavy atom. The van der Waals surface area contributed by atoms with E-state index < -0.39 is 26.7 Å². The Morgan fingerprint density at radius 1 is 1.17 bits per heavy atom. The molecule has 0 unspecified atom stereocenters. The van der Waals surface area contributed by atoms with Crippen LogP contribution in [-0.2, 0) is 16.3 Å². The van der Waals surface area contributed by atoms with E-state index in [1.807, 2.05) is 6.92 Å². The normalized spacial score (nSPS) is 12.7. The lowest BCUT2D eigenvalue weighted by Crippen LogP contribution is -2.31. The molecule has 1 aromatic rings. The van der Waals surface area contributed by atoms with Gasteiger partial charge in [0, 0.05) is 0 Å². The van der Waals surface area contributed by atoms with Crippen LogP contribution in [0, 0.1) is 0 Å². The highest BCUT2D eigenvalue weighted by atomic mass is 32.2. The molecule has 0 fully saturated rings. The third kappa shape index (κ3) is 3.04. The Kier molecular flexibility index (Phi) is 4.78. The molecule has 0 bridgehead atoms. The third-order valence-corrected chi connectivity index (χ3v) is 4.39. The van der Waals surface area contributed by atoms with Crippen LogP contribution in [0.1, 0.15) is 25.3 Å². The molecule has 0 aliphatic rings. The van der Waals surface area contributed by atoms with Crippen LogP contribution in [0.2, 0.25) is 0 Å². The van der Waals surface area contributed by atoms with Crippen molar-refractivity contribution in [3.63, 3.8) is 0 Å². The molecule has 2 nitrogen and oxygen atoms in total. The number of alkyl halides is 3. The zero-order chi connectivity index (χ0) is 13.8. The van der Waals surface area contributed by atoms with Gasteiger partial charge in [-0.1, -0.05) is 25.5 Å². The van der Waals surface area contributed by atoms with E-state index in [9.17, 15) is 21.6 Å². The van der Waals surface area contributed by atoms with E-state index in [0.29, 0.717) is 0 Å². The fourth-order valence-corrected chi connectivity index (χ4v) is 2.44. The van der Waals surface area contributed by atoms with Crippen LogP contribution in [0.5, 0.6) is 0 Å². The van der Waals surface area contributed by atoms with Gasteiger partial charge in [0.2, 0.25) is 9.84 Å². The van der Waals surface area contributed by atoms with E-state index in [1.54, 1.807) is 0 Å². The van der Waals surface area contributed by atoms with Crippen molar-refractivity contribution in [3.05, 3.63) is 29.8 Å². The van der Waals surface area contributed by atoms with Gasteiger partial charge in [0.1, 0.15) is 0 Å². The first-order valence-corrected chi connectivity index (χ1v) is 7.11. The van der Waals surface area contributed by atoms with Gasteiger partial charge in [-0.25, -0.2) is 12.8 Å². The van der Waals surface area contributed by atoms with Gasteiger partial charge in [0.05, 0.1) is 4.90 Å². The van der Waals surface area contributed by atoms with Crippen molar-refractivity contribution in [3.8, 4) is 0 Å². The van der Waals surface area contributed by atoms with Gasteiger partial charge >= 0.3 is 5.25 Å². The van der Waals surface area contributed by atoms with Crippen molar-refractivity contribution >= 4 is 9.84 Å².